The summed E-state index contributed by atoms with van der Waals surface area (Å²) in [7, 11) is 0. The minimum atomic E-state index is -4.76. The molecule has 1 unspecified atom stereocenters. The molecule has 0 aliphatic rings. The van der Waals surface area contributed by atoms with Crippen LogP contribution in [0, 0.1) is 0 Å². The van der Waals surface area contributed by atoms with Crippen LogP contribution in [0.25, 0.3) is 0 Å². The van der Waals surface area contributed by atoms with E-state index in [1.807, 2.05) is 0 Å². The predicted octanol–water partition coefficient (Wildman–Crippen LogP) is 1.46. The predicted molar refractivity (Wildman–Crippen MR) is 53.9 cm³/mol. The van der Waals surface area contributed by atoms with Crippen LogP contribution in [0.4, 0.5) is 13.2 Å². The number of hydrogen-bond donors (Lipinski definition) is 2. The number of alkyl halides is 3. The van der Waals surface area contributed by atoms with E-state index in [0.29, 0.717) is 5.56 Å². The van der Waals surface area contributed by atoms with Gasteiger partial charge in [-0.3, -0.25) is 4.79 Å². The number of hydrogen-bond acceptors (Lipinski definition) is 3. The molecule has 0 heterocycles. The summed E-state index contributed by atoms with van der Waals surface area (Å²) in [5.74, 6) is -1.01. The monoisotopic (exact) mass is 248 g/mol. The van der Waals surface area contributed by atoms with Crippen molar-refractivity contribution < 1.29 is 22.7 Å². The Morgan fingerprint density at radius 1 is 1.41 bits per heavy atom. The summed E-state index contributed by atoms with van der Waals surface area (Å²) >= 11 is 0. The lowest BCUT2D eigenvalue weighted by atomic mass is 10.0. The van der Waals surface area contributed by atoms with E-state index >= 15 is 0 Å². The van der Waals surface area contributed by atoms with Gasteiger partial charge in [0, 0.05) is 12.5 Å². The van der Waals surface area contributed by atoms with E-state index in [1.54, 1.807) is 0 Å². The summed E-state index contributed by atoms with van der Waals surface area (Å²) in [4.78, 5) is 10.6. The first-order valence-corrected chi connectivity index (χ1v) is 4.67. The summed E-state index contributed by atoms with van der Waals surface area (Å²) in [6.45, 7) is 0. The highest BCUT2D eigenvalue weighted by Crippen LogP contribution is 2.25. The largest absolute Gasteiger partial charge is 0.573 e. The summed E-state index contributed by atoms with van der Waals surface area (Å²) < 4.78 is 39.6. The van der Waals surface area contributed by atoms with Crippen LogP contribution in [-0.4, -0.2) is 12.3 Å². The molecule has 1 amide bonds. The van der Waals surface area contributed by atoms with E-state index in [9.17, 15) is 18.0 Å². The van der Waals surface area contributed by atoms with Gasteiger partial charge in [0.2, 0.25) is 5.91 Å². The number of primary amides is 1. The zero-order chi connectivity index (χ0) is 13.1. The zero-order valence-corrected chi connectivity index (χ0v) is 8.70. The van der Waals surface area contributed by atoms with Crippen LogP contribution in [0.2, 0.25) is 0 Å². The Kier molecular flexibility index (Phi) is 3.95. The van der Waals surface area contributed by atoms with Crippen LogP contribution in [0.15, 0.2) is 24.3 Å². The molecule has 0 saturated carbocycles. The Hall–Kier alpha value is -1.76. The first-order valence-electron chi connectivity index (χ1n) is 4.67. The van der Waals surface area contributed by atoms with Gasteiger partial charge >= 0.3 is 6.36 Å². The number of carbonyl (C=O) groups is 1. The fourth-order valence-electron chi connectivity index (χ4n) is 1.28. The number of carbonyl (C=O) groups excluding carboxylic acids is 1. The summed E-state index contributed by atoms with van der Waals surface area (Å²) in [5.41, 5.74) is 10.9. The van der Waals surface area contributed by atoms with E-state index in [2.05, 4.69) is 4.74 Å². The minimum Gasteiger partial charge on any atom is -0.406 e. The van der Waals surface area contributed by atoms with Crippen LogP contribution in [0.1, 0.15) is 18.0 Å². The van der Waals surface area contributed by atoms with Crippen molar-refractivity contribution >= 4 is 5.91 Å². The van der Waals surface area contributed by atoms with Crippen molar-refractivity contribution in [2.45, 2.75) is 18.8 Å². The lowest BCUT2D eigenvalue weighted by Crippen LogP contribution is -2.21. The highest BCUT2D eigenvalue weighted by atomic mass is 19.4. The minimum absolute atomic E-state index is 0.143. The second-order valence-corrected chi connectivity index (χ2v) is 3.40. The molecule has 4 N–H and O–H groups in total. The molecule has 0 bridgehead atoms. The first-order chi connectivity index (χ1) is 7.78. The van der Waals surface area contributed by atoms with Gasteiger partial charge in [0.25, 0.3) is 0 Å². The quantitative estimate of drug-likeness (QED) is 0.846. The lowest BCUT2D eigenvalue weighted by molar-refractivity contribution is -0.274. The number of amides is 1. The van der Waals surface area contributed by atoms with Crippen LogP contribution in [0.5, 0.6) is 5.75 Å². The van der Waals surface area contributed by atoms with Crippen molar-refractivity contribution in [3.63, 3.8) is 0 Å². The van der Waals surface area contributed by atoms with Gasteiger partial charge in [-0.2, -0.15) is 0 Å². The molecule has 0 saturated heterocycles. The van der Waals surface area contributed by atoms with Gasteiger partial charge in [-0.15, -0.1) is 13.2 Å². The number of rotatable bonds is 4. The van der Waals surface area contributed by atoms with Crippen molar-refractivity contribution in [3.05, 3.63) is 29.8 Å². The summed E-state index contributed by atoms with van der Waals surface area (Å²) in [6.07, 6.45) is -4.90. The smallest absolute Gasteiger partial charge is 0.406 e. The fourth-order valence-corrected chi connectivity index (χ4v) is 1.28. The van der Waals surface area contributed by atoms with E-state index in [-0.39, 0.29) is 12.2 Å². The molecule has 1 atom stereocenters. The van der Waals surface area contributed by atoms with E-state index in [1.165, 1.54) is 12.1 Å². The Morgan fingerprint density at radius 2 is 2.06 bits per heavy atom. The average Bonchev–Trinajstić information content (AvgIpc) is 2.14. The average molecular weight is 248 g/mol. The van der Waals surface area contributed by atoms with Crippen molar-refractivity contribution in [1.29, 1.82) is 0 Å². The molecule has 1 rings (SSSR count). The summed E-state index contributed by atoms with van der Waals surface area (Å²) in [5, 5.41) is 0. The molecular weight excluding hydrogens is 237 g/mol. The van der Waals surface area contributed by atoms with E-state index in [4.69, 9.17) is 11.5 Å². The molecule has 0 aromatic heterocycles. The molecule has 94 valence electrons. The fraction of sp³-hybridized carbons (Fsp3) is 0.300. The number of ether oxygens (including phenoxy) is 1. The molecule has 17 heavy (non-hydrogen) atoms. The molecule has 4 nitrogen and oxygen atoms in total. The maximum absolute atomic E-state index is 12.0. The number of halogens is 3. The van der Waals surface area contributed by atoms with Gasteiger partial charge < -0.3 is 16.2 Å². The van der Waals surface area contributed by atoms with Crippen molar-refractivity contribution in [2.75, 3.05) is 0 Å². The molecule has 0 fully saturated rings. The van der Waals surface area contributed by atoms with Crippen molar-refractivity contribution in [3.8, 4) is 5.75 Å². The molecule has 0 aliphatic carbocycles. The van der Waals surface area contributed by atoms with Crippen molar-refractivity contribution in [1.82, 2.24) is 0 Å². The van der Waals surface area contributed by atoms with Gasteiger partial charge in [-0.05, 0) is 17.7 Å². The van der Waals surface area contributed by atoms with Gasteiger partial charge in [0.05, 0.1) is 0 Å². The van der Waals surface area contributed by atoms with Crippen molar-refractivity contribution in [2.24, 2.45) is 11.5 Å². The molecule has 1 aromatic rings. The molecule has 0 radical (unpaired) electrons. The number of nitrogens with two attached hydrogens (primary N) is 2. The van der Waals surface area contributed by atoms with Crippen LogP contribution < -0.4 is 16.2 Å². The lowest BCUT2D eigenvalue weighted by Gasteiger charge is -2.13. The van der Waals surface area contributed by atoms with Gasteiger partial charge in [-0.25, -0.2) is 0 Å². The van der Waals surface area contributed by atoms with Crippen LogP contribution in [-0.2, 0) is 4.79 Å². The maximum Gasteiger partial charge on any atom is 0.573 e. The third-order valence-corrected chi connectivity index (χ3v) is 1.94. The molecule has 1 aromatic carbocycles. The highest BCUT2D eigenvalue weighted by Gasteiger charge is 2.31. The zero-order valence-electron chi connectivity index (χ0n) is 8.70. The Morgan fingerprint density at radius 3 is 2.59 bits per heavy atom. The van der Waals surface area contributed by atoms with Gasteiger partial charge in [-0.1, -0.05) is 12.1 Å². The Balaban J connectivity index is 2.82. The standard InChI is InChI=1S/C10H11F3N2O2/c11-10(12,13)17-7-3-1-2-6(4-7)8(14)5-9(15)16/h1-4,8H,5,14H2,(H2,15,16). The molecular formula is C10H11F3N2O2. The first kappa shape index (κ1) is 13.3. The normalized spacial score (nSPS) is 13.2. The second-order valence-electron chi connectivity index (χ2n) is 3.40. The molecule has 0 aliphatic heterocycles. The molecule has 7 heteroatoms. The SMILES string of the molecule is NC(=O)CC(N)c1cccc(OC(F)(F)F)c1. The van der Waals surface area contributed by atoms with E-state index < -0.39 is 18.3 Å². The highest BCUT2D eigenvalue weighted by molar-refractivity contribution is 5.74. The third kappa shape index (κ3) is 4.73. The topological polar surface area (TPSA) is 78.3 Å². The van der Waals surface area contributed by atoms with Crippen LogP contribution in [0.3, 0.4) is 0 Å². The second kappa shape index (κ2) is 5.05. The van der Waals surface area contributed by atoms with Gasteiger partial charge in [0.1, 0.15) is 5.75 Å². The van der Waals surface area contributed by atoms with E-state index in [0.717, 1.165) is 12.1 Å². The molecule has 0 spiro atoms. The van der Waals surface area contributed by atoms with Gasteiger partial charge in [0.15, 0.2) is 0 Å². The van der Waals surface area contributed by atoms with Crippen LogP contribution >= 0.6 is 0 Å². The Labute approximate surface area is 95.3 Å². The summed E-state index contributed by atoms with van der Waals surface area (Å²) in [6, 6.07) is 4.38. The Bertz CT molecular complexity index is 407. The maximum atomic E-state index is 12.0. The number of benzene rings is 1. The third-order valence-electron chi connectivity index (χ3n) is 1.94.